The summed E-state index contributed by atoms with van der Waals surface area (Å²) < 4.78 is 0. The minimum absolute atomic E-state index is 0.189. The third-order valence-electron chi connectivity index (χ3n) is 3.66. The van der Waals surface area contributed by atoms with E-state index in [-0.39, 0.29) is 11.0 Å². The normalized spacial score (nSPS) is 12.8. The molecule has 2 heterocycles. The molecule has 0 spiro atoms. The number of nitrogens with zero attached hydrogens (tertiary/aromatic N) is 2. The number of nitriles is 1. The lowest BCUT2D eigenvalue weighted by Gasteiger charge is -2.09. The number of hydrogen-bond acceptors (Lipinski definition) is 5. The maximum Gasteiger partial charge on any atom is 0.258 e. The van der Waals surface area contributed by atoms with Crippen LogP contribution in [0.5, 0.6) is 0 Å². The van der Waals surface area contributed by atoms with E-state index < -0.39 is 0 Å². The van der Waals surface area contributed by atoms with Crippen molar-refractivity contribution in [3.05, 3.63) is 46.1 Å². The third kappa shape index (κ3) is 3.38. The molecule has 0 unspecified atom stereocenters. The molecule has 0 fully saturated rings. The molecule has 116 valence electrons. The van der Waals surface area contributed by atoms with Gasteiger partial charge in [0.2, 0.25) is 0 Å². The number of thiocarbonyl (C=S) groups is 1. The van der Waals surface area contributed by atoms with Crippen LogP contribution in [0, 0.1) is 11.3 Å². The second-order valence-corrected chi connectivity index (χ2v) is 6.69. The highest BCUT2D eigenvalue weighted by Gasteiger charge is 2.21. The van der Waals surface area contributed by atoms with Gasteiger partial charge in [-0.1, -0.05) is 0 Å². The molecular formula is C16H14N4OS2. The van der Waals surface area contributed by atoms with Crippen LogP contribution in [0.15, 0.2) is 24.5 Å². The Kier molecular flexibility index (Phi) is 4.65. The van der Waals surface area contributed by atoms with Gasteiger partial charge in [0.15, 0.2) is 5.11 Å². The van der Waals surface area contributed by atoms with E-state index in [4.69, 9.17) is 12.2 Å². The van der Waals surface area contributed by atoms with Crippen molar-refractivity contribution in [3.8, 4) is 6.07 Å². The number of fused-ring (bicyclic) bond motifs is 1. The fraction of sp³-hybridized carbons (Fsp3) is 0.250. The summed E-state index contributed by atoms with van der Waals surface area (Å²) in [5.41, 5.74) is 2.22. The molecule has 2 N–H and O–H groups in total. The first-order valence-corrected chi connectivity index (χ1v) is 8.48. The lowest BCUT2D eigenvalue weighted by molar-refractivity contribution is 0.0977. The van der Waals surface area contributed by atoms with Crippen LogP contribution >= 0.6 is 23.6 Å². The molecule has 3 rings (SSSR count). The van der Waals surface area contributed by atoms with Gasteiger partial charge in [0.25, 0.3) is 5.91 Å². The average Bonchev–Trinajstić information content (AvgIpc) is 2.92. The highest BCUT2D eigenvalue weighted by Crippen LogP contribution is 2.37. The van der Waals surface area contributed by atoms with Crippen LogP contribution in [-0.2, 0) is 12.8 Å². The van der Waals surface area contributed by atoms with E-state index in [0.717, 1.165) is 36.2 Å². The van der Waals surface area contributed by atoms with Crippen molar-refractivity contribution in [2.45, 2.75) is 25.7 Å². The summed E-state index contributed by atoms with van der Waals surface area (Å²) in [5.74, 6) is -0.324. The number of pyridine rings is 1. The topological polar surface area (TPSA) is 77.8 Å². The highest BCUT2D eigenvalue weighted by atomic mass is 32.1. The Morgan fingerprint density at radius 3 is 2.96 bits per heavy atom. The van der Waals surface area contributed by atoms with E-state index in [1.807, 2.05) is 0 Å². The molecule has 7 heteroatoms. The van der Waals surface area contributed by atoms with Crippen molar-refractivity contribution in [1.82, 2.24) is 10.3 Å². The fourth-order valence-electron chi connectivity index (χ4n) is 2.58. The maximum atomic E-state index is 12.1. The number of anilines is 1. The van der Waals surface area contributed by atoms with Crippen LogP contribution in [0.1, 0.15) is 39.2 Å². The van der Waals surface area contributed by atoms with E-state index in [0.29, 0.717) is 11.1 Å². The first-order chi connectivity index (χ1) is 11.2. The van der Waals surface area contributed by atoms with Crippen molar-refractivity contribution in [2.24, 2.45) is 0 Å². The van der Waals surface area contributed by atoms with Crippen LogP contribution in [0.2, 0.25) is 0 Å². The summed E-state index contributed by atoms with van der Waals surface area (Å²) in [6, 6.07) is 5.61. The SMILES string of the molecule is N#Cc1c(NC(=S)NC(=O)c2cccnc2)sc2c1CCCC2. The van der Waals surface area contributed by atoms with E-state index in [2.05, 4.69) is 21.7 Å². The van der Waals surface area contributed by atoms with Gasteiger partial charge in [0.1, 0.15) is 11.1 Å². The molecule has 2 aromatic heterocycles. The number of rotatable bonds is 2. The number of thiophene rings is 1. The molecule has 1 amide bonds. The predicted molar refractivity (Wildman–Crippen MR) is 93.6 cm³/mol. The zero-order chi connectivity index (χ0) is 16.2. The first-order valence-electron chi connectivity index (χ1n) is 7.26. The first kappa shape index (κ1) is 15.6. The highest BCUT2D eigenvalue weighted by molar-refractivity contribution is 7.80. The van der Waals surface area contributed by atoms with Gasteiger partial charge < -0.3 is 5.32 Å². The average molecular weight is 342 g/mol. The lowest BCUT2D eigenvalue weighted by Crippen LogP contribution is -2.34. The molecular weight excluding hydrogens is 328 g/mol. The Balaban J connectivity index is 1.72. The van der Waals surface area contributed by atoms with Gasteiger partial charge >= 0.3 is 0 Å². The monoisotopic (exact) mass is 342 g/mol. The number of carbonyl (C=O) groups excluding carboxylic acids is 1. The van der Waals surface area contributed by atoms with E-state index in [1.54, 1.807) is 29.7 Å². The Hall–Kier alpha value is -2.30. The molecule has 0 aliphatic heterocycles. The Bertz CT molecular complexity index is 792. The van der Waals surface area contributed by atoms with Crippen molar-refractivity contribution >= 4 is 39.6 Å². The summed E-state index contributed by atoms with van der Waals surface area (Å²) in [6.45, 7) is 0. The standard InChI is InChI=1S/C16H14N4OS2/c17-8-12-11-5-1-2-6-13(11)23-15(12)20-16(22)19-14(21)10-4-3-7-18-9-10/h3-4,7,9H,1-2,5-6H2,(H2,19,20,21,22). The van der Waals surface area contributed by atoms with Crippen LogP contribution in [0.25, 0.3) is 0 Å². The molecule has 0 bridgehead atoms. The van der Waals surface area contributed by atoms with Crippen molar-refractivity contribution in [2.75, 3.05) is 5.32 Å². The molecule has 5 nitrogen and oxygen atoms in total. The molecule has 0 radical (unpaired) electrons. The predicted octanol–water partition coefficient (Wildman–Crippen LogP) is 3.02. The van der Waals surface area contributed by atoms with E-state index in [1.165, 1.54) is 11.1 Å². The van der Waals surface area contributed by atoms with Crippen LogP contribution < -0.4 is 10.6 Å². The summed E-state index contributed by atoms with van der Waals surface area (Å²) >= 11 is 6.75. The summed E-state index contributed by atoms with van der Waals surface area (Å²) in [6.07, 6.45) is 7.28. The van der Waals surface area contributed by atoms with E-state index >= 15 is 0 Å². The number of aryl methyl sites for hydroxylation is 1. The van der Waals surface area contributed by atoms with Gasteiger partial charge in [-0.2, -0.15) is 5.26 Å². The molecule has 0 saturated carbocycles. The maximum absolute atomic E-state index is 12.1. The lowest BCUT2D eigenvalue weighted by atomic mass is 9.96. The zero-order valence-electron chi connectivity index (χ0n) is 12.3. The molecule has 0 saturated heterocycles. The summed E-state index contributed by atoms with van der Waals surface area (Å²) in [5, 5.41) is 15.9. The summed E-state index contributed by atoms with van der Waals surface area (Å²) in [7, 11) is 0. The molecule has 0 aromatic carbocycles. The number of nitrogens with one attached hydrogen (secondary N) is 2. The van der Waals surface area contributed by atoms with Crippen molar-refractivity contribution < 1.29 is 4.79 Å². The number of amides is 1. The Morgan fingerprint density at radius 1 is 1.39 bits per heavy atom. The van der Waals surface area contributed by atoms with Crippen molar-refractivity contribution in [1.29, 1.82) is 5.26 Å². The largest absolute Gasteiger partial charge is 0.323 e. The second-order valence-electron chi connectivity index (χ2n) is 5.18. The van der Waals surface area contributed by atoms with Crippen LogP contribution in [0.3, 0.4) is 0 Å². The van der Waals surface area contributed by atoms with Gasteiger partial charge in [0.05, 0.1) is 11.1 Å². The summed E-state index contributed by atoms with van der Waals surface area (Å²) in [4.78, 5) is 17.2. The quantitative estimate of drug-likeness (QED) is 0.820. The number of carbonyl (C=O) groups is 1. The second kappa shape index (κ2) is 6.86. The zero-order valence-corrected chi connectivity index (χ0v) is 13.9. The van der Waals surface area contributed by atoms with Gasteiger partial charge in [0, 0.05) is 17.3 Å². The van der Waals surface area contributed by atoms with E-state index in [9.17, 15) is 10.1 Å². The van der Waals surface area contributed by atoms with Gasteiger partial charge in [-0.15, -0.1) is 11.3 Å². The molecule has 0 atom stereocenters. The molecule has 2 aromatic rings. The number of hydrogen-bond donors (Lipinski definition) is 2. The molecule has 1 aliphatic rings. The molecule has 1 aliphatic carbocycles. The minimum Gasteiger partial charge on any atom is -0.323 e. The Labute approximate surface area is 143 Å². The van der Waals surface area contributed by atoms with Gasteiger partial charge in [-0.05, 0) is 55.6 Å². The third-order valence-corrected chi connectivity index (χ3v) is 5.07. The minimum atomic E-state index is -0.324. The van der Waals surface area contributed by atoms with Gasteiger partial charge in [-0.3, -0.25) is 15.1 Å². The molecule has 23 heavy (non-hydrogen) atoms. The van der Waals surface area contributed by atoms with Crippen LogP contribution in [0.4, 0.5) is 5.00 Å². The Morgan fingerprint density at radius 2 is 2.22 bits per heavy atom. The van der Waals surface area contributed by atoms with Gasteiger partial charge in [-0.25, -0.2) is 0 Å². The smallest absolute Gasteiger partial charge is 0.258 e. The fourth-order valence-corrected chi connectivity index (χ4v) is 4.08. The van der Waals surface area contributed by atoms with Crippen LogP contribution in [-0.4, -0.2) is 16.0 Å². The van der Waals surface area contributed by atoms with Crippen molar-refractivity contribution in [3.63, 3.8) is 0 Å². The number of aromatic nitrogens is 1.